The van der Waals surface area contributed by atoms with Gasteiger partial charge in [0.25, 0.3) is 0 Å². The fourth-order valence-electron chi connectivity index (χ4n) is 7.51. The van der Waals surface area contributed by atoms with Crippen LogP contribution in [0.1, 0.15) is 74.9 Å². The zero-order chi connectivity index (χ0) is 47.1. The lowest BCUT2D eigenvalue weighted by molar-refractivity contribution is -0.169. The normalized spacial score (nSPS) is 13.8. The monoisotopic (exact) mass is 914 g/mol. The van der Waals surface area contributed by atoms with Gasteiger partial charge >= 0.3 is 36.1 Å². The number of esters is 2. The molecule has 0 unspecified atom stereocenters. The number of pyridine rings is 2. The highest BCUT2D eigenvalue weighted by Crippen LogP contribution is 2.44. The molecule has 2 saturated carbocycles. The van der Waals surface area contributed by atoms with Crippen LogP contribution in [0, 0.1) is 5.82 Å². The molecule has 19 heteroatoms. The van der Waals surface area contributed by atoms with E-state index in [1.165, 1.54) is 60.9 Å². The molecule has 12 nitrogen and oxygen atoms in total. The van der Waals surface area contributed by atoms with E-state index in [0.29, 0.717) is 49.3 Å². The van der Waals surface area contributed by atoms with Crippen molar-refractivity contribution in [3.63, 3.8) is 0 Å². The maximum absolute atomic E-state index is 13.7. The predicted octanol–water partition coefficient (Wildman–Crippen LogP) is 10.6. The van der Waals surface area contributed by atoms with Crippen molar-refractivity contribution in [2.45, 2.75) is 56.4 Å². The summed E-state index contributed by atoms with van der Waals surface area (Å²) in [5, 5.41) is 1.15. The summed E-state index contributed by atoms with van der Waals surface area (Å²) in [5.74, 6) is -6.97. The summed E-state index contributed by atoms with van der Waals surface area (Å²) in [6, 6.07) is 21.0. The van der Waals surface area contributed by atoms with Gasteiger partial charge < -0.3 is 19.0 Å². The molecule has 0 spiro atoms. The molecule has 0 aliphatic heterocycles. The number of alkyl halides is 6. The molecular formula is C47H37F7N6O6. The average molecular weight is 915 g/mol. The van der Waals surface area contributed by atoms with Gasteiger partial charge in [-0.3, -0.25) is 19.4 Å². The van der Waals surface area contributed by atoms with E-state index in [2.05, 4.69) is 15.0 Å². The second-order valence-corrected chi connectivity index (χ2v) is 15.7. The molecule has 7 aromatic rings. The van der Waals surface area contributed by atoms with E-state index in [1.807, 2.05) is 4.57 Å². The van der Waals surface area contributed by atoms with Gasteiger partial charge in [0, 0.05) is 53.1 Å². The van der Waals surface area contributed by atoms with Crippen LogP contribution in [-0.2, 0) is 25.6 Å². The number of hydrogen-bond donors (Lipinski definition) is 1. The standard InChI is InChI=1S/C27H21F4N3O3.C20H16F3N3O3/c1-37-25(35)22-13-19(17-5-6-17)14-32-24(22)34(26(36)27(29,30)31)21-7-8-23-18(12-21)9-10-33(23)15-16-3-2-4-20(28)11-16;1-29-18(27)15-9-13(11-2-3-11)10-25-17(15)26(19(28)20(21,22)23)14-4-5-16-12(8-14)6-7-24-16/h2-4,7-14,17H,5-6,15H2,1H3;4-11,24H,2-3H2,1H3. The molecule has 4 heterocycles. The molecular weight excluding hydrogens is 878 g/mol. The fourth-order valence-corrected chi connectivity index (χ4v) is 7.51. The Morgan fingerprint density at radius 2 is 1.21 bits per heavy atom. The lowest BCUT2D eigenvalue weighted by Crippen LogP contribution is -2.39. The number of nitrogens with one attached hydrogen (secondary N) is 1. The number of methoxy groups -OCH3 is 2. The second-order valence-electron chi connectivity index (χ2n) is 15.7. The molecule has 0 bridgehead atoms. The number of hydrogen-bond acceptors (Lipinski definition) is 8. The summed E-state index contributed by atoms with van der Waals surface area (Å²) < 4.78 is 106. The number of halogens is 7. The first-order chi connectivity index (χ1) is 31.4. The number of aromatic nitrogens is 4. The van der Waals surface area contributed by atoms with E-state index < -0.39 is 47.7 Å². The third kappa shape index (κ3) is 9.45. The van der Waals surface area contributed by atoms with Gasteiger partial charge in [0.15, 0.2) is 11.6 Å². The molecule has 3 aromatic carbocycles. The Kier molecular flexibility index (Phi) is 12.1. The number of ether oxygens (including phenoxy) is 2. The Balaban J connectivity index is 0.000000185. The predicted molar refractivity (Wildman–Crippen MR) is 227 cm³/mol. The van der Waals surface area contributed by atoms with Crippen LogP contribution in [0.15, 0.2) is 110 Å². The second kappa shape index (κ2) is 17.8. The number of anilines is 4. The highest BCUT2D eigenvalue weighted by Gasteiger charge is 2.47. The largest absolute Gasteiger partial charge is 0.472 e. The van der Waals surface area contributed by atoms with Crippen LogP contribution in [0.5, 0.6) is 0 Å². The third-order valence-corrected chi connectivity index (χ3v) is 11.0. The van der Waals surface area contributed by atoms with Crippen LogP contribution < -0.4 is 9.80 Å². The van der Waals surface area contributed by atoms with Gasteiger partial charge in [0.1, 0.15) is 16.9 Å². The van der Waals surface area contributed by atoms with Crippen molar-refractivity contribution < 1.29 is 59.4 Å². The first kappa shape index (κ1) is 45.0. The van der Waals surface area contributed by atoms with Gasteiger partial charge in [-0.15, -0.1) is 0 Å². The summed E-state index contributed by atoms with van der Waals surface area (Å²) in [4.78, 5) is 61.8. The van der Waals surface area contributed by atoms with Gasteiger partial charge in [-0.2, -0.15) is 26.3 Å². The third-order valence-electron chi connectivity index (χ3n) is 11.0. The van der Waals surface area contributed by atoms with E-state index in [4.69, 9.17) is 9.47 Å². The van der Waals surface area contributed by atoms with Crippen molar-refractivity contribution in [1.82, 2.24) is 19.5 Å². The summed E-state index contributed by atoms with van der Waals surface area (Å²) in [6.45, 7) is 0.336. The number of nitrogens with zero attached hydrogens (tertiary/aromatic N) is 5. The van der Waals surface area contributed by atoms with Crippen molar-refractivity contribution >= 4 is 68.6 Å². The summed E-state index contributed by atoms with van der Waals surface area (Å²) in [5.41, 5.74) is 2.90. The number of amides is 2. The molecule has 2 aliphatic rings. The molecule has 0 atom stereocenters. The Hall–Kier alpha value is -7.57. The Bertz CT molecular complexity index is 3010. The highest BCUT2D eigenvalue weighted by atomic mass is 19.4. The molecule has 2 amide bonds. The van der Waals surface area contributed by atoms with Gasteiger partial charge in [-0.1, -0.05) is 12.1 Å². The van der Waals surface area contributed by atoms with E-state index in [1.54, 1.807) is 48.8 Å². The number of fused-ring (bicyclic) bond motifs is 2. The molecule has 2 aliphatic carbocycles. The first-order valence-corrected chi connectivity index (χ1v) is 20.3. The maximum Gasteiger partial charge on any atom is 0.472 e. The molecule has 66 heavy (non-hydrogen) atoms. The molecule has 9 rings (SSSR count). The average Bonchev–Trinajstić information content (AvgIpc) is 4.24. The lowest BCUT2D eigenvalue weighted by atomic mass is 10.1. The van der Waals surface area contributed by atoms with E-state index in [9.17, 15) is 49.9 Å². The van der Waals surface area contributed by atoms with Crippen LogP contribution in [0.3, 0.4) is 0 Å². The van der Waals surface area contributed by atoms with Crippen molar-refractivity contribution in [3.05, 3.63) is 143 Å². The van der Waals surface area contributed by atoms with Crippen LogP contribution in [0.4, 0.5) is 53.7 Å². The van der Waals surface area contributed by atoms with E-state index >= 15 is 0 Å². The van der Waals surface area contributed by atoms with Gasteiger partial charge in [-0.25, -0.2) is 23.9 Å². The van der Waals surface area contributed by atoms with Crippen LogP contribution in [-0.4, -0.2) is 69.8 Å². The van der Waals surface area contributed by atoms with E-state index in [-0.39, 0.29) is 40.2 Å². The van der Waals surface area contributed by atoms with Crippen molar-refractivity contribution in [2.75, 3.05) is 24.0 Å². The van der Waals surface area contributed by atoms with Crippen molar-refractivity contribution in [2.24, 2.45) is 0 Å². The van der Waals surface area contributed by atoms with Crippen LogP contribution >= 0.6 is 0 Å². The van der Waals surface area contributed by atoms with Gasteiger partial charge in [-0.05, 0) is 127 Å². The summed E-state index contributed by atoms with van der Waals surface area (Å²) in [7, 11) is 2.23. The van der Waals surface area contributed by atoms with Gasteiger partial charge in [0.05, 0.1) is 25.6 Å². The topological polar surface area (TPSA) is 140 Å². The van der Waals surface area contributed by atoms with Crippen LogP contribution in [0.2, 0.25) is 0 Å². The number of rotatable bonds is 10. The molecule has 2 fully saturated rings. The smallest absolute Gasteiger partial charge is 0.465 e. The number of carbonyl (C=O) groups excluding carboxylic acids is 4. The van der Waals surface area contributed by atoms with Crippen molar-refractivity contribution in [1.29, 1.82) is 0 Å². The zero-order valence-corrected chi connectivity index (χ0v) is 34.9. The molecule has 340 valence electrons. The zero-order valence-electron chi connectivity index (χ0n) is 34.9. The first-order valence-electron chi connectivity index (χ1n) is 20.3. The van der Waals surface area contributed by atoms with Crippen LogP contribution in [0.25, 0.3) is 21.8 Å². The van der Waals surface area contributed by atoms with E-state index in [0.717, 1.165) is 45.5 Å². The molecule has 0 radical (unpaired) electrons. The maximum atomic E-state index is 13.7. The molecule has 4 aromatic heterocycles. The number of benzene rings is 3. The SMILES string of the molecule is COC(=O)c1cc(C2CC2)cnc1N(C(=O)C(F)(F)F)c1ccc2[nH]ccc2c1.COC(=O)c1cc(C2CC2)cnc1N(C(=O)C(F)(F)F)c1ccc2c(ccn2Cc2cccc(F)c2)c1. The fraction of sp³-hybridized carbons (Fsp3) is 0.234. The van der Waals surface area contributed by atoms with Gasteiger partial charge in [0.2, 0.25) is 0 Å². The summed E-state index contributed by atoms with van der Waals surface area (Å²) >= 11 is 0. The highest BCUT2D eigenvalue weighted by molar-refractivity contribution is 6.10. The molecule has 1 N–H and O–H groups in total. The minimum Gasteiger partial charge on any atom is -0.465 e. The summed E-state index contributed by atoms with van der Waals surface area (Å²) in [6.07, 6.45) is -0.653. The Morgan fingerprint density at radius 3 is 1.71 bits per heavy atom. The minimum atomic E-state index is -5.23. The Morgan fingerprint density at radius 1 is 0.682 bits per heavy atom. The Labute approximate surface area is 370 Å². The number of H-pyrrole nitrogens is 1. The number of aromatic amines is 1. The lowest BCUT2D eigenvalue weighted by Gasteiger charge is -2.25. The quantitative estimate of drug-likeness (QED) is 0.106. The molecule has 0 saturated heterocycles. The van der Waals surface area contributed by atoms with Crippen molar-refractivity contribution in [3.8, 4) is 0 Å². The minimum absolute atomic E-state index is 0.0590. The number of carbonyl (C=O) groups is 4.